The molecule has 0 radical (unpaired) electrons. The molecule has 0 unspecified atom stereocenters. The summed E-state index contributed by atoms with van der Waals surface area (Å²) >= 11 is 1.83. The van der Waals surface area contributed by atoms with Crippen molar-refractivity contribution in [2.75, 3.05) is 0 Å². The summed E-state index contributed by atoms with van der Waals surface area (Å²) in [6, 6.07) is 36.6. The molecule has 10 aromatic rings. The summed E-state index contributed by atoms with van der Waals surface area (Å²) in [5, 5.41) is 13.1. The summed E-state index contributed by atoms with van der Waals surface area (Å²) in [5.74, 6) is 0.680. The topological polar surface area (TPSA) is 43.6 Å². The lowest BCUT2D eigenvalue weighted by atomic mass is 9.98. The highest BCUT2D eigenvalue weighted by Crippen LogP contribution is 2.47. The summed E-state index contributed by atoms with van der Waals surface area (Å²) in [5.41, 5.74) is 3.21. The van der Waals surface area contributed by atoms with E-state index in [1.165, 1.54) is 57.9 Å². The molecule has 0 N–H and O–H groups in total. The third-order valence-corrected chi connectivity index (χ3v) is 9.91. The Balaban J connectivity index is 1.46. The number of pyridine rings is 1. The highest BCUT2D eigenvalue weighted by molar-refractivity contribution is 7.27. The van der Waals surface area contributed by atoms with Crippen molar-refractivity contribution in [1.82, 2.24) is 19.5 Å². The maximum Gasteiger partial charge on any atom is 0.235 e. The Kier molecular flexibility index (Phi) is 4.30. The second kappa shape index (κ2) is 8.09. The van der Waals surface area contributed by atoms with E-state index in [1.807, 2.05) is 29.9 Å². The quantitative estimate of drug-likeness (QED) is 0.190. The monoisotopic (exact) mass is 552 g/mol. The van der Waals surface area contributed by atoms with Crippen LogP contribution in [0.4, 0.5) is 0 Å². The van der Waals surface area contributed by atoms with Gasteiger partial charge in [-0.1, -0.05) is 84.9 Å². The summed E-state index contributed by atoms with van der Waals surface area (Å²) < 4.78 is 4.79. The normalized spacial score (nSPS) is 12.3. The zero-order valence-electron chi connectivity index (χ0n) is 22.2. The van der Waals surface area contributed by atoms with Crippen LogP contribution in [0.5, 0.6) is 0 Å². The van der Waals surface area contributed by atoms with E-state index >= 15 is 0 Å². The molecule has 0 bridgehead atoms. The number of hydrogen-bond acceptors (Lipinski definition) is 4. The van der Waals surface area contributed by atoms with Crippen LogP contribution in [0.25, 0.3) is 91.1 Å². The van der Waals surface area contributed by atoms with Crippen LogP contribution in [0, 0.1) is 0 Å². The second-order valence-corrected chi connectivity index (χ2v) is 11.9. The van der Waals surface area contributed by atoms with Gasteiger partial charge in [0.2, 0.25) is 5.95 Å². The minimum atomic E-state index is 0.680. The number of para-hydroxylation sites is 1. The van der Waals surface area contributed by atoms with Crippen LogP contribution in [0.15, 0.2) is 122 Å². The molecule has 0 aliphatic heterocycles. The molecule has 5 heteroatoms. The van der Waals surface area contributed by atoms with E-state index < -0.39 is 0 Å². The largest absolute Gasteiger partial charge is 0.277 e. The molecule has 0 saturated heterocycles. The van der Waals surface area contributed by atoms with Gasteiger partial charge >= 0.3 is 0 Å². The van der Waals surface area contributed by atoms with E-state index in [4.69, 9.17) is 9.97 Å². The Morgan fingerprint density at radius 1 is 0.524 bits per heavy atom. The van der Waals surface area contributed by atoms with Gasteiger partial charge in [-0.3, -0.25) is 9.55 Å². The molecular weight excluding hydrogens is 533 g/mol. The Bertz CT molecular complexity index is 2720. The standard InChI is InChI=1S/C37H20N4S/c1-2-11-23-21(9-1)22-10-3-4-12-25(22)34-28(23)20-39-37(40-34)41-30-15-7-5-13-26(30)32-24-17-18-38-19-29(24)36-33(35(32)41)27-14-6-8-16-31(27)42-36/h1-20H. The SMILES string of the molecule is c1ccc2c(c1)sc1c3cnccc3c3c4ccccc4n(-c4ncc5c6ccccc6c6ccccc6c5n4)c3c21. The van der Waals surface area contributed by atoms with Gasteiger partial charge in [-0.25, -0.2) is 9.97 Å². The van der Waals surface area contributed by atoms with Crippen LogP contribution in [0.3, 0.4) is 0 Å². The summed E-state index contributed by atoms with van der Waals surface area (Å²) in [4.78, 5) is 15.0. The number of benzene rings is 6. The molecule has 4 heterocycles. The van der Waals surface area contributed by atoms with Gasteiger partial charge in [-0.2, -0.15) is 0 Å². The molecule has 0 saturated carbocycles. The first-order valence-electron chi connectivity index (χ1n) is 14.0. The molecular formula is C37H20N4S. The van der Waals surface area contributed by atoms with Gasteiger partial charge in [-0.05, 0) is 39.7 Å². The van der Waals surface area contributed by atoms with E-state index in [0.717, 1.165) is 27.3 Å². The Morgan fingerprint density at radius 3 is 2.02 bits per heavy atom. The van der Waals surface area contributed by atoms with Crippen molar-refractivity contribution in [2.45, 2.75) is 0 Å². The van der Waals surface area contributed by atoms with Gasteiger partial charge < -0.3 is 0 Å². The van der Waals surface area contributed by atoms with Crippen molar-refractivity contribution in [3.05, 3.63) is 122 Å². The summed E-state index contributed by atoms with van der Waals surface area (Å²) in [7, 11) is 0. The molecule has 42 heavy (non-hydrogen) atoms. The molecule has 0 atom stereocenters. The molecule has 4 aromatic heterocycles. The first kappa shape index (κ1) is 22.3. The van der Waals surface area contributed by atoms with Crippen molar-refractivity contribution in [1.29, 1.82) is 0 Å². The maximum atomic E-state index is 5.39. The highest BCUT2D eigenvalue weighted by Gasteiger charge is 2.23. The Labute approximate surface area is 243 Å². The van der Waals surface area contributed by atoms with Crippen LogP contribution >= 0.6 is 11.3 Å². The lowest BCUT2D eigenvalue weighted by Gasteiger charge is -2.12. The fourth-order valence-electron chi connectivity index (χ4n) is 6.98. The first-order chi connectivity index (χ1) is 20.9. The van der Waals surface area contributed by atoms with Crippen molar-refractivity contribution in [3.8, 4) is 5.95 Å². The summed E-state index contributed by atoms with van der Waals surface area (Å²) in [6.45, 7) is 0. The van der Waals surface area contributed by atoms with Gasteiger partial charge in [0.15, 0.2) is 0 Å². The Hall–Kier alpha value is -5.39. The van der Waals surface area contributed by atoms with Crippen LogP contribution in [-0.4, -0.2) is 19.5 Å². The van der Waals surface area contributed by atoms with E-state index in [-0.39, 0.29) is 0 Å². The predicted molar refractivity (Wildman–Crippen MR) is 177 cm³/mol. The number of nitrogens with zero attached hydrogens (tertiary/aromatic N) is 4. The minimum absolute atomic E-state index is 0.680. The molecule has 6 aromatic carbocycles. The number of hydrogen-bond donors (Lipinski definition) is 0. The van der Waals surface area contributed by atoms with Crippen LogP contribution in [0.1, 0.15) is 0 Å². The van der Waals surface area contributed by atoms with Crippen molar-refractivity contribution >= 4 is 96.5 Å². The zero-order chi connectivity index (χ0) is 27.4. The van der Waals surface area contributed by atoms with Crippen molar-refractivity contribution in [3.63, 3.8) is 0 Å². The zero-order valence-corrected chi connectivity index (χ0v) is 23.1. The van der Waals surface area contributed by atoms with Gasteiger partial charge in [-0.15, -0.1) is 11.3 Å². The van der Waals surface area contributed by atoms with Gasteiger partial charge in [0.25, 0.3) is 0 Å². The second-order valence-electron chi connectivity index (χ2n) is 10.8. The fraction of sp³-hybridized carbons (Fsp3) is 0. The fourth-order valence-corrected chi connectivity index (χ4v) is 8.21. The molecule has 4 nitrogen and oxygen atoms in total. The molecule has 194 valence electrons. The smallest absolute Gasteiger partial charge is 0.235 e. The van der Waals surface area contributed by atoms with Gasteiger partial charge in [0.05, 0.1) is 16.6 Å². The van der Waals surface area contributed by atoms with Crippen LogP contribution in [-0.2, 0) is 0 Å². The Morgan fingerprint density at radius 2 is 1.19 bits per heavy atom. The van der Waals surface area contributed by atoms with Crippen LogP contribution < -0.4 is 0 Å². The van der Waals surface area contributed by atoms with E-state index in [9.17, 15) is 0 Å². The summed E-state index contributed by atoms with van der Waals surface area (Å²) in [6.07, 6.45) is 5.93. The lowest BCUT2D eigenvalue weighted by Crippen LogP contribution is -2.02. The van der Waals surface area contributed by atoms with E-state index in [2.05, 4.69) is 113 Å². The average Bonchev–Trinajstić information content (AvgIpc) is 3.61. The van der Waals surface area contributed by atoms with Crippen molar-refractivity contribution < 1.29 is 0 Å². The highest BCUT2D eigenvalue weighted by atomic mass is 32.1. The van der Waals surface area contributed by atoms with E-state index in [1.54, 1.807) is 0 Å². The predicted octanol–water partition coefficient (Wildman–Crippen LogP) is 9.95. The maximum absolute atomic E-state index is 5.39. The number of fused-ring (bicyclic) bond motifs is 16. The molecule has 0 amide bonds. The van der Waals surface area contributed by atoms with Crippen molar-refractivity contribution in [2.24, 2.45) is 0 Å². The lowest BCUT2D eigenvalue weighted by molar-refractivity contribution is 1.02. The third-order valence-electron chi connectivity index (χ3n) is 8.71. The third kappa shape index (κ3) is 2.78. The molecule has 0 fully saturated rings. The van der Waals surface area contributed by atoms with E-state index in [0.29, 0.717) is 5.95 Å². The first-order valence-corrected chi connectivity index (χ1v) is 14.8. The molecule has 0 spiro atoms. The number of rotatable bonds is 1. The minimum Gasteiger partial charge on any atom is -0.277 e. The van der Waals surface area contributed by atoms with Gasteiger partial charge in [0.1, 0.15) is 0 Å². The van der Waals surface area contributed by atoms with Gasteiger partial charge in [0, 0.05) is 65.7 Å². The molecule has 10 rings (SSSR count). The number of aromatic nitrogens is 4. The number of thiophene rings is 1. The van der Waals surface area contributed by atoms with Crippen LogP contribution in [0.2, 0.25) is 0 Å². The molecule has 0 aliphatic rings. The molecule has 0 aliphatic carbocycles. The average molecular weight is 553 g/mol.